The molecule has 0 aromatic rings. The van der Waals surface area contributed by atoms with E-state index in [0.717, 1.165) is 0 Å². The second-order valence-corrected chi connectivity index (χ2v) is 9.24. The molecule has 2 saturated heterocycles. The first-order chi connectivity index (χ1) is 7.67. The van der Waals surface area contributed by atoms with Gasteiger partial charge in [0.15, 0.2) is 0 Å². The van der Waals surface area contributed by atoms with E-state index in [0.29, 0.717) is 6.17 Å². The Bertz CT molecular complexity index is 233. The first-order valence-corrected chi connectivity index (χ1v) is 9.29. The van der Waals surface area contributed by atoms with Gasteiger partial charge in [0.1, 0.15) is 0 Å². The van der Waals surface area contributed by atoms with Crippen molar-refractivity contribution < 1.29 is 4.43 Å². The van der Waals surface area contributed by atoms with E-state index in [9.17, 15) is 0 Å². The van der Waals surface area contributed by atoms with Gasteiger partial charge in [-0.1, -0.05) is 6.42 Å². The molecule has 0 spiro atoms. The molecule has 16 heavy (non-hydrogen) atoms. The molecule has 2 fully saturated rings. The smallest absolute Gasteiger partial charge is 0.269 e. The lowest BCUT2D eigenvalue weighted by molar-refractivity contribution is 0.0814. The molecular weight excluding hydrogens is 216 g/mol. The Morgan fingerprint density at radius 1 is 1.06 bits per heavy atom. The van der Waals surface area contributed by atoms with Gasteiger partial charge in [-0.3, -0.25) is 9.47 Å². The third-order valence-electron chi connectivity index (χ3n) is 4.46. The molecule has 4 heteroatoms. The van der Waals surface area contributed by atoms with Crippen LogP contribution < -0.4 is 0 Å². The van der Waals surface area contributed by atoms with Crippen LogP contribution in [0.2, 0.25) is 12.6 Å². The highest BCUT2D eigenvalue weighted by atomic mass is 28.4. The predicted octanol–water partition coefficient (Wildman–Crippen LogP) is 2.24. The van der Waals surface area contributed by atoms with Crippen molar-refractivity contribution in [1.82, 2.24) is 9.47 Å². The summed E-state index contributed by atoms with van der Waals surface area (Å²) in [5.74, 6) is 0. The van der Waals surface area contributed by atoms with Gasteiger partial charge in [-0.2, -0.15) is 0 Å². The van der Waals surface area contributed by atoms with Crippen LogP contribution in [0.4, 0.5) is 0 Å². The maximum Gasteiger partial charge on any atom is 0.269 e. The minimum atomic E-state index is -1.55. The zero-order valence-corrected chi connectivity index (χ0v) is 12.0. The molecule has 0 saturated carbocycles. The molecule has 2 heterocycles. The first kappa shape index (κ1) is 12.6. The zero-order valence-electron chi connectivity index (χ0n) is 11.0. The quantitative estimate of drug-likeness (QED) is 0.706. The molecule has 2 atom stereocenters. The van der Waals surface area contributed by atoms with E-state index in [1.165, 1.54) is 51.4 Å². The van der Waals surface area contributed by atoms with Crippen LogP contribution in [0.3, 0.4) is 0 Å². The standard InChI is InChI=1S/C12H26N2OSi/c1-12(13-8-5-4-6-9-13)14-10-7-11-16(14,3)15-2/h12H,4-11H2,1-3H3. The molecule has 0 N–H and O–H groups in total. The van der Waals surface area contributed by atoms with Crippen LogP contribution in [-0.4, -0.2) is 50.9 Å². The van der Waals surface area contributed by atoms with Crippen LogP contribution in [0, 0.1) is 0 Å². The van der Waals surface area contributed by atoms with Crippen molar-refractivity contribution in [2.45, 2.75) is 51.4 Å². The van der Waals surface area contributed by atoms with E-state index in [1.54, 1.807) is 0 Å². The molecule has 3 nitrogen and oxygen atoms in total. The number of nitrogens with zero attached hydrogens (tertiary/aromatic N) is 2. The molecule has 2 aliphatic heterocycles. The Labute approximate surface area is 101 Å². The fraction of sp³-hybridized carbons (Fsp3) is 1.00. The van der Waals surface area contributed by atoms with Crippen molar-refractivity contribution in [1.29, 1.82) is 0 Å². The van der Waals surface area contributed by atoms with Gasteiger partial charge in [0.2, 0.25) is 0 Å². The SMILES string of the molecule is CO[Si]1(C)CCCN1C(C)N1CCCCC1. The number of hydrogen-bond acceptors (Lipinski definition) is 3. The topological polar surface area (TPSA) is 15.7 Å². The van der Waals surface area contributed by atoms with Gasteiger partial charge in [-0.15, -0.1) is 0 Å². The van der Waals surface area contributed by atoms with Crippen molar-refractivity contribution in [3.63, 3.8) is 0 Å². The molecule has 0 aromatic heterocycles. The summed E-state index contributed by atoms with van der Waals surface area (Å²) in [7, 11) is 0.365. The summed E-state index contributed by atoms with van der Waals surface area (Å²) in [6.45, 7) is 8.56. The minimum Gasteiger partial charge on any atom is -0.406 e. The summed E-state index contributed by atoms with van der Waals surface area (Å²) >= 11 is 0. The molecule has 0 aromatic carbocycles. The number of hydrogen-bond donors (Lipinski definition) is 0. The molecule has 0 radical (unpaired) electrons. The first-order valence-electron chi connectivity index (χ1n) is 6.73. The summed E-state index contributed by atoms with van der Waals surface area (Å²) < 4.78 is 8.54. The van der Waals surface area contributed by atoms with Crippen molar-refractivity contribution in [3.05, 3.63) is 0 Å². The van der Waals surface area contributed by atoms with E-state index in [2.05, 4.69) is 22.9 Å². The van der Waals surface area contributed by atoms with Crippen LogP contribution in [-0.2, 0) is 4.43 Å². The van der Waals surface area contributed by atoms with Crippen molar-refractivity contribution in [3.8, 4) is 0 Å². The third kappa shape index (κ3) is 2.35. The summed E-state index contributed by atoms with van der Waals surface area (Å²) in [5, 5.41) is 0. The Balaban J connectivity index is 1.99. The second-order valence-electron chi connectivity index (χ2n) is 5.40. The van der Waals surface area contributed by atoms with Crippen LogP contribution >= 0.6 is 0 Å². The molecule has 0 amide bonds. The Kier molecular flexibility index (Phi) is 4.05. The zero-order chi connectivity index (χ0) is 11.6. The van der Waals surface area contributed by atoms with Gasteiger partial charge in [-0.25, -0.2) is 0 Å². The molecule has 2 unspecified atom stereocenters. The predicted molar refractivity (Wildman–Crippen MR) is 69.6 cm³/mol. The lowest BCUT2D eigenvalue weighted by Crippen LogP contribution is -2.58. The monoisotopic (exact) mass is 242 g/mol. The molecule has 2 rings (SSSR count). The second kappa shape index (κ2) is 5.17. The van der Waals surface area contributed by atoms with Crippen LogP contribution in [0.1, 0.15) is 32.6 Å². The molecule has 2 aliphatic rings. The summed E-state index contributed by atoms with van der Waals surface area (Å²) in [5.41, 5.74) is 0. The van der Waals surface area contributed by atoms with Crippen LogP contribution in [0.25, 0.3) is 0 Å². The van der Waals surface area contributed by atoms with Gasteiger partial charge in [0, 0.05) is 7.11 Å². The lowest BCUT2D eigenvalue weighted by Gasteiger charge is -2.43. The van der Waals surface area contributed by atoms with E-state index >= 15 is 0 Å². The highest BCUT2D eigenvalue weighted by Gasteiger charge is 2.44. The van der Waals surface area contributed by atoms with Crippen molar-refractivity contribution in [2.24, 2.45) is 0 Å². The largest absolute Gasteiger partial charge is 0.406 e. The van der Waals surface area contributed by atoms with Gasteiger partial charge in [0.25, 0.3) is 8.48 Å². The Morgan fingerprint density at radius 3 is 2.38 bits per heavy atom. The summed E-state index contributed by atoms with van der Waals surface area (Å²) in [6, 6.07) is 1.31. The maximum atomic E-state index is 5.86. The van der Waals surface area contributed by atoms with Gasteiger partial charge in [0.05, 0.1) is 6.17 Å². The van der Waals surface area contributed by atoms with Crippen LogP contribution in [0.15, 0.2) is 0 Å². The summed E-state index contributed by atoms with van der Waals surface area (Å²) in [6.07, 6.45) is 6.10. The third-order valence-corrected chi connectivity index (χ3v) is 8.43. The highest BCUT2D eigenvalue weighted by molar-refractivity contribution is 6.70. The Hall–Kier alpha value is 0.0969. The molecular formula is C12H26N2OSi. The summed E-state index contributed by atoms with van der Waals surface area (Å²) in [4.78, 5) is 2.65. The minimum absolute atomic E-state index is 0.597. The van der Waals surface area contributed by atoms with E-state index in [1.807, 2.05) is 7.11 Å². The molecule has 0 aliphatic carbocycles. The van der Waals surface area contributed by atoms with Crippen LogP contribution in [0.5, 0.6) is 0 Å². The highest BCUT2D eigenvalue weighted by Crippen LogP contribution is 2.30. The maximum absolute atomic E-state index is 5.86. The van der Waals surface area contributed by atoms with Crippen molar-refractivity contribution in [2.75, 3.05) is 26.7 Å². The van der Waals surface area contributed by atoms with E-state index in [4.69, 9.17) is 4.43 Å². The average Bonchev–Trinajstić information content (AvgIpc) is 2.72. The lowest BCUT2D eigenvalue weighted by atomic mass is 10.1. The van der Waals surface area contributed by atoms with E-state index in [-0.39, 0.29) is 0 Å². The number of piperidine rings is 1. The van der Waals surface area contributed by atoms with Gasteiger partial charge >= 0.3 is 0 Å². The number of rotatable bonds is 3. The fourth-order valence-electron chi connectivity index (χ4n) is 3.25. The molecule has 94 valence electrons. The Morgan fingerprint density at radius 2 is 1.75 bits per heavy atom. The number of likely N-dealkylation sites (tertiary alicyclic amines) is 1. The van der Waals surface area contributed by atoms with Gasteiger partial charge < -0.3 is 4.43 Å². The normalized spacial score (nSPS) is 35.4. The molecule has 0 bridgehead atoms. The fourth-order valence-corrected chi connectivity index (χ4v) is 6.37. The van der Waals surface area contributed by atoms with E-state index < -0.39 is 8.48 Å². The average molecular weight is 242 g/mol. The van der Waals surface area contributed by atoms with Gasteiger partial charge in [-0.05, 0) is 58.4 Å². The van der Waals surface area contributed by atoms with Crippen molar-refractivity contribution >= 4 is 8.48 Å².